The molecule has 1 amide bonds. The molecule has 0 bridgehead atoms. The van der Waals surface area contributed by atoms with Crippen LogP contribution in [0.1, 0.15) is 29.3 Å². The lowest BCUT2D eigenvalue weighted by molar-refractivity contribution is -0.137. The first-order chi connectivity index (χ1) is 10.9. The Morgan fingerprint density at radius 2 is 1.87 bits per heavy atom. The number of aromatic nitrogens is 1. The first kappa shape index (κ1) is 16.8. The van der Waals surface area contributed by atoms with Crippen LogP contribution in [0.15, 0.2) is 42.6 Å². The largest absolute Gasteiger partial charge is 0.439 e. The Kier molecular flexibility index (Phi) is 5.20. The molecule has 0 radical (unpaired) electrons. The Morgan fingerprint density at radius 1 is 1.17 bits per heavy atom. The number of alkyl halides is 3. The highest BCUT2D eigenvalue weighted by atomic mass is 19.4. The number of carbonyl (C=O) groups is 1. The molecule has 0 aliphatic heterocycles. The number of rotatable bonds is 5. The van der Waals surface area contributed by atoms with Crippen LogP contribution in [0.25, 0.3) is 0 Å². The molecule has 23 heavy (non-hydrogen) atoms. The fraction of sp³-hybridized carbons (Fsp3) is 0.250. The highest BCUT2D eigenvalue weighted by Crippen LogP contribution is 2.30. The van der Waals surface area contributed by atoms with E-state index in [1.54, 1.807) is 24.3 Å². The molecule has 0 atom stereocenters. The molecule has 122 valence electrons. The van der Waals surface area contributed by atoms with Crippen molar-refractivity contribution in [1.29, 1.82) is 0 Å². The van der Waals surface area contributed by atoms with Crippen LogP contribution in [-0.2, 0) is 6.18 Å². The Morgan fingerprint density at radius 3 is 2.39 bits per heavy atom. The van der Waals surface area contributed by atoms with Crippen LogP contribution >= 0.6 is 0 Å². The van der Waals surface area contributed by atoms with Crippen LogP contribution in [0.3, 0.4) is 0 Å². The summed E-state index contributed by atoms with van der Waals surface area (Å²) < 4.78 is 42.7. The zero-order chi connectivity index (χ0) is 16.9. The standard InChI is InChI=1S/C16H15F3N2O2/c1-2-9-20-15(22)11-3-6-13(7-4-11)23-14-8-5-12(10-21-14)16(17,18)19/h3-8,10H,2,9H2,1H3,(H,20,22). The second kappa shape index (κ2) is 7.13. The second-order valence-corrected chi connectivity index (χ2v) is 4.77. The summed E-state index contributed by atoms with van der Waals surface area (Å²) in [6, 6.07) is 8.30. The molecule has 1 aromatic heterocycles. The molecule has 0 aliphatic rings. The Labute approximate surface area is 131 Å². The molecule has 1 heterocycles. The Hall–Kier alpha value is -2.57. The lowest BCUT2D eigenvalue weighted by atomic mass is 10.2. The molecule has 0 fully saturated rings. The van der Waals surface area contributed by atoms with E-state index in [9.17, 15) is 18.0 Å². The molecule has 0 saturated carbocycles. The highest BCUT2D eigenvalue weighted by Gasteiger charge is 2.30. The molecule has 0 spiro atoms. The fourth-order valence-corrected chi connectivity index (χ4v) is 1.74. The Balaban J connectivity index is 2.02. The van der Waals surface area contributed by atoms with Gasteiger partial charge in [-0.1, -0.05) is 6.92 Å². The van der Waals surface area contributed by atoms with Crippen LogP contribution in [0.4, 0.5) is 13.2 Å². The lowest BCUT2D eigenvalue weighted by Gasteiger charge is -2.08. The van der Waals surface area contributed by atoms with E-state index in [-0.39, 0.29) is 11.8 Å². The molecular weight excluding hydrogens is 309 g/mol. The smallest absolute Gasteiger partial charge is 0.417 e. The number of pyridine rings is 1. The maximum Gasteiger partial charge on any atom is 0.417 e. The van der Waals surface area contributed by atoms with Crippen LogP contribution in [-0.4, -0.2) is 17.4 Å². The molecule has 7 heteroatoms. The van der Waals surface area contributed by atoms with Gasteiger partial charge in [0.15, 0.2) is 0 Å². The van der Waals surface area contributed by atoms with Gasteiger partial charge in [0, 0.05) is 24.4 Å². The van der Waals surface area contributed by atoms with Crippen molar-refractivity contribution in [3.8, 4) is 11.6 Å². The normalized spacial score (nSPS) is 11.1. The number of carbonyl (C=O) groups excluding carboxylic acids is 1. The first-order valence-electron chi connectivity index (χ1n) is 6.99. The number of hydrogen-bond donors (Lipinski definition) is 1. The third-order valence-corrected chi connectivity index (χ3v) is 2.94. The molecule has 1 aromatic carbocycles. The van der Waals surface area contributed by atoms with E-state index in [1.165, 1.54) is 0 Å². The third kappa shape index (κ3) is 4.70. The van der Waals surface area contributed by atoms with Crippen molar-refractivity contribution in [1.82, 2.24) is 10.3 Å². The fourth-order valence-electron chi connectivity index (χ4n) is 1.74. The summed E-state index contributed by atoms with van der Waals surface area (Å²) in [4.78, 5) is 15.4. The van der Waals surface area contributed by atoms with Crippen molar-refractivity contribution < 1.29 is 22.7 Å². The van der Waals surface area contributed by atoms with Crippen molar-refractivity contribution in [2.75, 3.05) is 6.54 Å². The molecule has 4 nitrogen and oxygen atoms in total. The number of amides is 1. The van der Waals surface area contributed by atoms with Gasteiger partial charge < -0.3 is 10.1 Å². The number of halogens is 3. The zero-order valence-electron chi connectivity index (χ0n) is 12.4. The van der Waals surface area contributed by atoms with Gasteiger partial charge in [-0.3, -0.25) is 4.79 Å². The topological polar surface area (TPSA) is 51.2 Å². The number of ether oxygens (including phenoxy) is 1. The maximum atomic E-state index is 12.4. The summed E-state index contributed by atoms with van der Waals surface area (Å²) in [6.07, 6.45) is -2.88. The van der Waals surface area contributed by atoms with E-state index < -0.39 is 11.7 Å². The average molecular weight is 324 g/mol. The molecule has 1 N–H and O–H groups in total. The number of nitrogens with one attached hydrogen (secondary N) is 1. The number of nitrogens with zero attached hydrogens (tertiary/aromatic N) is 1. The summed E-state index contributed by atoms with van der Waals surface area (Å²) in [7, 11) is 0. The van der Waals surface area contributed by atoms with Crippen molar-refractivity contribution >= 4 is 5.91 Å². The van der Waals surface area contributed by atoms with Gasteiger partial charge in [0.2, 0.25) is 5.88 Å². The predicted octanol–water partition coefficient (Wildman–Crippen LogP) is 4.03. The molecular formula is C16H15F3N2O2. The van der Waals surface area contributed by atoms with Crippen LogP contribution in [0.5, 0.6) is 11.6 Å². The summed E-state index contributed by atoms with van der Waals surface area (Å²) >= 11 is 0. The summed E-state index contributed by atoms with van der Waals surface area (Å²) in [6.45, 7) is 2.54. The quantitative estimate of drug-likeness (QED) is 0.903. The van der Waals surface area contributed by atoms with Gasteiger partial charge in [-0.05, 0) is 36.8 Å². The third-order valence-electron chi connectivity index (χ3n) is 2.94. The highest BCUT2D eigenvalue weighted by molar-refractivity contribution is 5.94. The van der Waals surface area contributed by atoms with Gasteiger partial charge >= 0.3 is 6.18 Å². The lowest BCUT2D eigenvalue weighted by Crippen LogP contribution is -2.23. The van der Waals surface area contributed by atoms with E-state index in [0.29, 0.717) is 24.1 Å². The summed E-state index contributed by atoms with van der Waals surface area (Å²) in [5.41, 5.74) is -0.362. The summed E-state index contributed by atoms with van der Waals surface area (Å²) in [5, 5.41) is 2.74. The van der Waals surface area contributed by atoms with E-state index in [0.717, 1.165) is 18.6 Å². The van der Waals surface area contributed by atoms with Crippen LogP contribution in [0.2, 0.25) is 0 Å². The van der Waals surface area contributed by atoms with Gasteiger partial charge in [-0.2, -0.15) is 13.2 Å². The monoisotopic (exact) mass is 324 g/mol. The van der Waals surface area contributed by atoms with Gasteiger partial charge in [-0.15, -0.1) is 0 Å². The average Bonchev–Trinajstić information content (AvgIpc) is 2.53. The number of benzene rings is 1. The van der Waals surface area contributed by atoms with Gasteiger partial charge in [0.05, 0.1) is 5.56 Å². The van der Waals surface area contributed by atoms with Crippen molar-refractivity contribution in [3.05, 3.63) is 53.7 Å². The SMILES string of the molecule is CCCNC(=O)c1ccc(Oc2ccc(C(F)(F)F)cn2)cc1. The predicted molar refractivity (Wildman–Crippen MR) is 78.4 cm³/mol. The van der Waals surface area contributed by atoms with E-state index in [1.807, 2.05) is 6.92 Å². The van der Waals surface area contributed by atoms with Gasteiger partial charge in [0.25, 0.3) is 5.91 Å². The minimum absolute atomic E-state index is 0.0428. The van der Waals surface area contributed by atoms with Crippen LogP contribution in [0, 0.1) is 0 Å². The first-order valence-corrected chi connectivity index (χ1v) is 6.99. The maximum absolute atomic E-state index is 12.4. The minimum Gasteiger partial charge on any atom is -0.439 e. The summed E-state index contributed by atoms with van der Waals surface area (Å²) in [5.74, 6) is 0.233. The minimum atomic E-state index is -4.43. The molecule has 2 rings (SSSR count). The molecule has 2 aromatic rings. The Bertz CT molecular complexity index is 653. The van der Waals surface area contributed by atoms with Gasteiger partial charge in [0.1, 0.15) is 5.75 Å². The van der Waals surface area contributed by atoms with Crippen molar-refractivity contribution in [2.45, 2.75) is 19.5 Å². The van der Waals surface area contributed by atoms with E-state index in [2.05, 4.69) is 10.3 Å². The van der Waals surface area contributed by atoms with Crippen molar-refractivity contribution in [3.63, 3.8) is 0 Å². The zero-order valence-corrected chi connectivity index (χ0v) is 12.4. The van der Waals surface area contributed by atoms with Crippen LogP contribution < -0.4 is 10.1 Å². The van der Waals surface area contributed by atoms with E-state index in [4.69, 9.17) is 4.74 Å². The second-order valence-electron chi connectivity index (χ2n) is 4.77. The molecule has 0 unspecified atom stereocenters. The molecule has 0 saturated heterocycles. The number of hydrogen-bond acceptors (Lipinski definition) is 3. The molecule has 0 aliphatic carbocycles. The van der Waals surface area contributed by atoms with Crippen molar-refractivity contribution in [2.24, 2.45) is 0 Å². The van der Waals surface area contributed by atoms with Gasteiger partial charge in [-0.25, -0.2) is 4.98 Å². The van der Waals surface area contributed by atoms with E-state index >= 15 is 0 Å².